The average Bonchev–Trinajstić information content (AvgIpc) is 2.39. The highest BCUT2D eigenvalue weighted by Gasteiger charge is 2.46. The molecule has 0 aliphatic carbocycles. The Hall–Kier alpha value is -1.66. The summed E-state index contributed by atoms with van der Waals surface area (Å²) in [5, 5.41) is 11.4. The maximum Gasteiger partial charge on any atom is 0.458 e. The van der Waals surface area contributed by atoms with Crippen molar-refractivity contribution in [2.75, 3.05) is 6.66 Å². The van der Waals surface area contributed by atoms with E-state index < -0.39 is 13.0 Å². The first-order chi connectivity index (χ1) is 8.15. The van der Waals surface area contributed by atoms with Gasteiger partial charge < -0.3 is 5.11 Å². The maximum atomic E-state index is 11.7. The number of carbonyl (C=O) groups is 1. The fourth-order valence-electron chi connectivity index (χ4n) is 1.82. The molecule has 0 aliphatic rings. The normalized spacial score (nSPS) is 11.1. The molecule has 0 spiro atoms. The monoisotopic (exact) mass is 245 g/mol. The molecule has 0 atom stereocenters. The maximum absolute atomic E-state index is 11.7. The van der Waals surface area contributed by atoms with Gasteiger partial charge in [-0.15, -0.1) is 0 Å². The number of hydrogen-bond donors (Lipinski definition) is 1. The van der Waals surface area contributed by atoms with Gasteiger partial charge in [0.15, 0.2) is 7.26 Å². The van der Waals surface area contributed by atoms with Gasteiger partial charge in [0.1, 0.15) is 10.6 Å². The molecule has 2 rings (SSSR count). The molecule has 0 heterocycles. The molecule has 3 heteroatoms. The van der Waals surface area contributed by atoms with Crippen molar-refractivity contribution < 1.29 is 9.90 Å². The minimum Gasteiger partial charge on any atom is -0.451 e. The van der Waals surface area contributed by atoms with Crippen LogP contribution in [-0.2, 0) is 0 Å². The lowest BCUT2D eigenvalue weighted by molar-refractivity contribution is 0.221. The summed E-state index contributed by atoms with van der Waals surface area (Å²) in [5.41, 5.74) is -0.727. The van der Waals surface area contributed by atoms with Crippen molar-refractivity contribution in [3.63, 3.8) is 0 Å². The molecule has 0 radical (unpaired) electrons. The molecule has 0 saturated heterocycles. The van der Waals surface area contributed by atoms with Crippen LogP contribution in [0.4, 0.5) is 4.79 Å². The van der Waals surface area contributed by atoms with E-state index in [2.05, 4.69) is 0 Å². The van der Waals surface area contributed by atoms with Crippen molar-refractivity contribution in [3.8, 4) is 0 Å². The lowest BCUT2D eigenvalue weighted by atomic mass is 10.4. The summed E-state index contributed by atoms with van der Waals surface area (Å²) >= 11 is 0. The van der Waals surface area contributed by atoms with Crippen LogP contribution in [0, 0.1) is 0 Å². The van der Waals surface area contributed by atoms with Crippen LogP contribution in [0.2, 0.25) is 0 Å². The molecule has 1 N–H and O–H groups in total. The molecule has 86 valence electrons. The largest absolute Gasteiger partial charge is 0.458 e. The Morgan fingerprint density at radius 2 is 1.24 bits per heavy atom. The Bertz CT molecular complexity index is 469. The molecule has 0 aromatic heterocycles. The molecular weight excluding hydrogens is 231 g/mol. The average molecular weight is 245 g/mol. The predicted octanol–water partition coefficient (Wildman–Crippen LogP) is 2.96. The van der Waals surface area contributed by atoms with Crippen molar-refractivity contribution in [2.24, 2.45) is 0 Å². The van der Waals surface area contributed by atoms with Gasteiger partial charge in [-0.1, -0.05) is 36.4 Å². The quantitative estimate of drug-likeness (QED) is 0.844. The van der Waals surface area contributed by atoms with E-state index in [0.717, 1.165) is 10.6 Å². The van der Waals surface area contributed by atoms with Crippen molar-refractivity contribution in [3.05, 3.63) is 60.7 Å². The Kier molecular flexibility index (Phi) is 3.26. The topological polar surface area (TPSA) is 37.3 Å². The van der Waals surface area contributed by atoms with Crippen LogP contribution in [0.3, 0.4) is 0 Å². The van der Waals surface area contributed by atoms with Crippen LogP contribution in [0.1, 0.15) is 0 Å². The molecule has 0 bridgehead atoms. The summed E-state index contributed by atoms with van der Waals surface area (Å²) in [4.78, 5) is 11.7. The van der Waals surface area contributed by atoms with Crippen molar-refractivity contribution in [1.82, 2.24) is 0 Å². The summed E-state index contributed by atoms with van der Waals surface area (Å²) in [6.45, 7) is 1.85. The van der Waals surface area contributed by atoms with Gasteiger partial charge in [0.05, 0.1) is 6.66 Å². The molecule has 2 nitrogen and oxygen atoms in total. The summed E-state index contributed by atoms with van der Waals surface area (Å²) in [6.07, 6.45) is 0. The molecular formula is C14H14O2P+. The van der Waals surface area contributed by atoms with Gasteiger partial charge in [-0.2, -0.15) is 0 Å². The Morgan fingerprint density at radius 1 is 0.882 bits per heavy atom. The second kappa shape index (κ2) is 4.68. The molecule has 0 fully saturated rings. The van der Waals surface area contributed by atoms with E-state index in [0.29, 0.717) is 0 Å². The molecule has 2 aromatic rings. The van der Waals surface area contributed by atoms with E-state index in [-0.39, 0.29) is 0 Å². The zero-order valence-electron chi connectivity index (χ0n) is 9.58. The highest BCUT2D eigenvalue weighted by molar-refractivity contribution is 8.01. The first-order valence-corrected chi connectivity index (χ1v) is 7.60. The molecule has 0 unspecified atom stereocenters. The molecule has 0 saturated carbocycles. The lowest BCUT2D eigenvalue weighted by Crippen LogP contribution is -2.26. The smallest absolute Gasteiger partial charge is 0.451 e. The first kappa shape index (κ1) is 11.8. The summed E-state index contributed by atoms with van der Waals surface area (Å²) < 4.78 is 0. The van der Waals surface area contributed by atoms with Gasteiger partial charge in [0, 0.05) is 0 Å². The minimum absolute atomic E-state index is 0.727. The van der Waals surface area contributed by atoms with Crippen LogP contribution < -0.4 is 10.6 Å². The van der Waals surface area contributed by atoms with Crippen molar-refractivity contribution in [2.45, 2.75) is 0 Å². The second-order valence-electron chi connectivity index (χ2n) is 3.96. The predicted molar refractivity (Wildman–Crippen MR) is 73.0 cm³/mol. The van der Waals surface area contributed by atoms with Gasteiger partial charge in [-0.3, -0.25) is 0 Å². The van der Waals surface area contributed by atoms with Crippen LogP contribution >= 0.6 is 7.26 Å². The van der Waals surface area contributed by atoms with E-state index in [1.807, 2.05) is 67.3 Å². The summed E-state index contributed by atoms with van der Waals surface area (Å²) in [6, 6.07) is 19.0. The fraction of sp³-hybridized carbons (Fsp3) is 0.0714. The zero-order valence-corrected chi connectivity index (χ0v) is 10.5. The van der Waals surface area contributed by atoms with Gasteiger partial charge in [-0.25, -0.2) is 4.79 Å². The van der Waals surface area contributed by atoms with E-state index >= 15 is 0 Å². The van der Waals surface area contributed by atoms with E-state index in [1.165, 1.54) is 0 Å². The highest BCUT2D eigenvalue weighted by atomic mass is 31.2. The third kappa shape index (κ3) is 2.09. The number of benzene rings is 2. The zero-order chi connectivity index (χ0) is 12.3. The van der Waals surface area contributed by atoms with E-state index in [4.69, 9.17) is 0 Å². The van der Waals surface area contributed by atoms with Crippen LogP contribution in [-0.4, -0.2) is 17.5 Å². The fourth-order valence-corrected chi connectivity index (χ4v) is 4.10. The second-order valence-corrected chi connectivity index (χ2v) is 7.39. The highest BCUT2D eigenvalue weighted by Crippen LogP contribution is 2.52. The van der Waals surface area contributed by atoms with Gasteiger partial charge in [0.25, 0.3) is 0 Å². The SMILES string of the molecule is C[P+](C(=O)O)(c1ccccc1)c1ccccc1. The third-order valence-corrected chi connectivity index (χ3v) is 6.35. The van der Waals surface area contributed by atoms with Gasteiger partial charge >= 0.3 is 5.71 Å². The van der Waals surface area contributed by atoms with E-state index in [9.17, 15) is 9.90 Å². The van der Waals surface area contributed by atoms with Crippen molar-refractivity contribution >= 4 is 23.6 Å². The molecule has 17 heavy (non-hydrogen) atoms. The number of hydrogen-bond acceptors (Lipinski definition) is 1. The minimum atomic E-state index is -2.33. The third-order valence-electron chi connectivity index (χ3n) is 2.93. The van der Waals surface area contributed by atoms with Crippen LogP contribution in [0.5, 0.6) is 0 Å². The van der Waals surface area contributed by atoms with E-state index in [1.54, 1.807) is 0 Å². The van der Waals surface area contributed by atoms with Gasteiger partial charge in [-0.05, 0) is 24.3 Å². The summed E-state index contributed by atoms with van der Waals surface area (Å²) in [5.74, 6) is 0. The Balaban J connectivity index is 2.59. The number of rotatable bonds is 3. The molecule has 0 amide bonds. The Morgan fingerprint density at radius 3 is 1.53 bits per heavy atom. The standard InChI is InChI=1S/C14H13O2P/c1-17(14(15)16,12-8-4-2-5-9-12)13-10-6-3-7-11-13/h2-11H,1H3/p+1. The lowest BCUT2D eigenvalue weighted by Gasteiger charge is -2.16. The van der Waals surface area contributed by atoms with Crippen LogP contribution in [0.25, 0.3) is 0 Å². The molecule has 2 aromatic carbocycles. The van der Waals surface area contributed by atoms with Crippen LogP contribution in [0.15, 0.2) is 60.7 Å². The summed E-state index contributed by atoms with van der Waals surface area (Å²) in [7, 11) is -2.33. The van der Waals surface area contributed by atoms with Gasteiger partial charge in [0.2, 0.25) is 0 Å². The Labute approximate surface area is 101 Å². The number of carboxylic acid groups (broad SMARTS) is 1. The first-order valence-electron chi connectivity index (χ1n) is 5.37. The van der Waals surface area contributed by atoms with Crippen molar-refractivity contribution in [1.29, 1.82) is 0 Å². The molecule has 0 aliphatic heterocycles.